The first-order valence-electron chi connectivity index (χ1n) is 9.05. The number of carbonyl (C=O) groups is 2. The molecule has 0 saturated heterocycles. The number of aromatic nitrogens is 2. The Morgan fingerprint density at radius 2 is 2.26 bits per heavy atom. The van der Waals surface area contributed by atoms with Crippen LogP contribution < -0.4 is 5.73 Å². The van der Waals surface area contributed by atoms with Crippen molar-refractivity contribution in [2.45, 2.75) is 38.6 Å². The van der Waals surface area contributed by atoms with Gasteiger partial charge in [0.2, 0.25) is 0 Å². The monoisotopic (exact) mass is 383 g/mol. The third kappa shape index (κ3) is 2.92. The van der Waals surface area contributed by atoms with E-state index in [-0.39, 0.29) is 16.3 Å². The smallest absolute Gasteiger partial charge is 0.338 e. The number of hydrogen-bond acceptors (Lipinski definition) is 5. The Balaban J connectivity index is 1.76. The van der Waals surface area contributed by atoms with Gasteiger partial charge >= 0.3 is 5.97 Å². The molecule has 6 nitrogen and oxygen atoms in total. The van der Waals surface area contributed by atoms with Crippen molar-refractivity contribution < 1.29 is 14.7 Å². The SMILES string of the molecule is Nc1sc2c(c1C(=O)O)CCC(CCn1ccnc1)(C1=CCCC=C1)C2=O. The van der Waals surface area contributed by atoms with Crippen molar-refractivity contribution in [1.82, 2.24) is 9.55 Å². The third-order valence-corrected chi connectivity index (χ3v) is 6.65. The molecule has 2 heterocycles. The highest BCUT2D eigenvalue weighted by atomic mass is 32.1. The Morgan fingerprint density at radius 3 is 2.93 bits per heavy atom. The maximum absolute atomic E-state index is 13.6. The van der Waals surface area contributed by atoms with Crippen LogP contribution in [0.25, 0.3) is 0 Å². The van der Waals surface area contributed by atoms with Gasteiger partial charge < -0.3 is 15.4 Å². The molecule has 2 aliphatic carbocycles. The van der Waals surface area contributed by atoms with Crippen molar-refractivity contribution in [3.63, 3.8) is 0 Å². The van der Waals surface area contributed by atoms with E-state index in [2.05, 4.69) is 23.2 Å². The van der Waals surface area contributed by atoms with Crippen molar-refractivity contribution in [2.75, 3.05) is 5.73 Å². The minimum Gasteiger partial charge on any atom is -0.478 e. The number of ketones is 1. The van der Waals surface area contributed by atoms with Gasteiger partial charge in [0.25, 0.3) is 0 Å². The van der Waals surface area contributed by atoms with Crippen molar-refractivity contribution in [1.29, 1.82) is 0 Å². The fraction of sp³-hybridized carbons (Fsp3) is 0.350. The maximum atomic E-state index is 13.6. The molecular weight excluding hydrogens is 362 g/mol. The summed E-state index contributed by atoms with van der Waals surface area (Å²) in [6, 6.07) is 0. The molecule has 0 aliphatic heterocycles. The van der Waals surface area contributed by atoms with E-state index in [9.17, 15) is 14.7 Å². The molecule has 2 aliphatic rings. The number of nitrogen functional groups attached to an aromatic ring is 1. The minimum atomic E-state index is -1.06. The summed E-state index contributed by atoms with van der Waals surface area (Å²) < 4.78 is 1.98. The Hall–Kier alpha value is -2.67. The molecule has 4 rings (SSSR count). The molecule has 2 aromatic heterocycles. The minimum absolute atomic E-state index is 0.00543. The van der Waals surface area contributed by atoms with Crippen molar-refractivity contribution in [2.24, 2.45) is 5.41 Å². The average Bonchev–Trinajstić information content (AvgIpc) is 3.29. The number of fused-ring (bicyclic) bond motifs is 1. The summed E-state index contributed by atoms with van der Waals surface area (Å²) in [5.74, 6) is -1.05. The number of carboxylic acids is 1. The second-order valence-corrected chi connectivity index (χ2v) is 8.11. The van der Waals surface area contributed by atoms with Gasteiger partial charge in [0, 0.05) is 18.9 Å². The largest absolute Gasteiger partial charge is 0.478 e. The normalized spacial score (nSPS) is 21.8. The van der Waals surface area contributed by atoms with Crippen molar-refractivity contribution >= 4 is 28.1 Å². The number of nitrogens with two attached hydrogens (primary N) is 1. The molecule has 0 bridgehead atoms. The molecule has 0 spiro atoms. The molecule has 0 fully saturated rings. The van der Waals surface area contributed by atoms with Crippen LogP contribution in [-0.2, 0) is 13.0 Å². The second kappa shape index (κ2) is 6.81. The number of nitrogens with zero attached hydrogens (tertiary/aromatic N) is 2. The predicted octanol–water partition coefficient (Wildman–Crippen LogP) is 3.71. The van der Waals surface area contributed by atoms with Crippen LogP contribution in [0, 0.1) is 5.41 Å². The van der Waals surface area contributed by atoms with Gasteiger partial charge in [-0.05, 0) is 43.2 Å². The van der Waals surface area contributed by atoms with Crippen LogP contribution in [0.5, 0.6) is 0 Å². The zero-order valence-electron chi connectivity index (χ0n) is 14.9. The molecule has 2 aromatic rings. The van der Waals surface area contributed by atoms with Crippen LogP contribution in [0.3, 0.4) is 0 Å². The van der Waals surface area contributed by atoms with E-state index in [1.165, 1.54) is 0 Å². The number of hydrogen-bond donors (Lipinski definition) is 2. The zero-order valence-corrected chi connectivity index (χ0v) is 15.7. The summed E-state index contributed by atoms with van der Waals surface area (Å²) in [6.45, 7) is 0.679. The Kier molecular flexibility index (Phi) is 4.47. The molecule has 3 N–H and O–H groups in total. The summed E-state index contributed by atoms with van der Waals surface area (Å²) >= 11 is 1.12. The van der Waals surface area contributed by atoms with Gasteiger partial charge in [-0.1, -0.05) is 18.2 Å². The second-order valence-electron chi connectivity index (χ2n) is 7.06. The maximum Gasteiger partial charge on any atom is 0.338 e. The van der Waals surface area contributed by atoms with Crippen LogP contribution in [0.4, 0.5) is 5.00 Å². The number of rotatable bonds is 5. The molecule has 1 unspecified atom stereocenters. The molecule has 0 saturated carbocycles. The Morgan fingerprint density at radius 1 is 1.41 bits per heavy atom. The number of carboxylic acid groups (broad SMARTS) is 1. The van der Waals surface area contributed by atoms with Gasteiger partial charge in [0.15, 0.2) is 5.78 Å². The number of anilines is 1. The van der Waals surface area contributed by atoms with Crippen LogP contribution in [0.15, 0.2) is 42.5 Å². The van der Waals surface area contributed by atoms with Crippen molar-refractivity contribution in [3.05, 3.63) is 58.5 Å². The first-order chi connectivity index (χ1) is 13.0. The molecule has 0 radical (unpaired) electrons. The molecule has 0 aromatic carbocycles. The van der Waals surface area contributed by atoms with E-state index in [1.54, 1.807) is 12.5 Å². The van der Waals surface area contributed by atoms with E-state index >= 15 is 0 Å². The molecule has 27 heavy (non-hydrogen) atoms. The Labute approximate surface area is 161 Å². The summed E-state index contributed by atoms with van der Waals surface area (Å²) in [7, 11) is 0. The fourth-order valence-corrected chi connectivity index (χ4v) is 5.32. The lowest BCUT2D eigenvalue weighted by Crippen LogP contribution is -2.38. The number of Topliss-reactive ketones (excluding diaryl/α,β-unsaturated/α-hetero) is 1. The van der Waals surface area contributed by atoms with E-state index in [0.29, 0.717) is 36.2 Å². The number of allylic oxidation sites excluding steroid dienone is 4. The first kappa shape index (κ1) is 17.7. The van der Waals surface area contributed by atoms with Gasteiger partial charge in [0.05, 0.1) is 22.2 Å². The summed E-state index contributed by atoms with van der Waals surface area (Å²) in [5.41, 5.74) is 7.07. The third-order valence-electron chi connectivity index (χ3n) is 5.59. The van der Waals surface area contributed by atoms with E-state index < -0.39 is 11.4 Å². The summed E-state index contributed by atoms with van der Waals surface area (Å²) in [5, 5.41) is 9.71. The van der Waals surface area contributed by atoms with Gasteiger partial charge in [-0.25, -0.2) is 9.78 Å². The van der Waals surface area contributed by atoms with Crippen molar-refractivity contribution in [3.8, 4) is 0 Å². The van der Waals surface area contributed by atoms with Crippen LogP contribution in [0.2, 0.25) is 0 Å². The topological polar surface area (TPSA) is 98.2 Å². The highest BCUT2D eigenvalue weighted by Gasteiger charge is 2.47. The van der Waals surface area contributed by atoms with Crippen LogP contribution >= 0.6 is 11.3 Å². The quantitative estimate of drug-likeness (QED) is 0.820. The summed E-state index contributed by atoms with van der Waals surface area (Å²) in [6.07, 6.45) is 15.4. The number of carbonyl (C=O) groups excluding carboxylic acids is 1. The highest BCUT2D eigenvalue weighted by Crippen LogP contribution is 2.49. The zero-order chi connectivity index (χ0) is 19.0. The number of imidazole rings is 1. The standard InChI is InChI=1S/C20H21N3O3S/c21-18-15(19(25)26)14-6-7-20(17(24)16(14)27-18,13-4-2-1-3-5-13)8-10-23-11-9-22-12-23/h2,4-5,9,11-12H,1,3,6-8,10,21H2,(H,25,26). The fourth-order valence-electron chi connectivity index (χ4n) is 4.18. The van der Waals surface area contributed by atoms with E-state index in [1.807, 2.05) is 10.8 Å². The predicted molar refractivity (Wildman–Crippen MR) is 104 cm³/mol. The van der Waals surface area contributed by atoms with Gasteiger partial charge in [-0.3, -0.25) is 4.79 Å². The van der Waals surface area contributed by atoms with Gasteiger partial charge in [-0.2, -0.15) is 0 Å². The lowest BCUT2D eigenvalue weighted by atomic mass is 9.65. The molecule has 140 valence electrons. The lowest BCUT2D eigenvalue weighted by molar-refractivity contribution is 0.0696. The molecule has 1 atom stereocenters. The van der Waals surface area contributed by atoms with Gasteiger partial charge in [0.1, 0.15) is 5.00 Å². The first-order valence-corrected chi connectivity index (χ1v) is 9.87. The van der Waals surface area contributed by atoms with Gasteiger partial charge in [-0.15, -0.1) is 11.3 Å². The van der Waals surface area contributed by atoms with E-state index in [4.69, 9.17) is 5.73 Å². The number of aromatic carboxylic acids is 1. The Bertz CT molecular complexity index is 956. The van der Waals surface area contributed by atoms with Crippen LogP contribution in [0.1, 0.15) is 51.3 Å². The number of thiophene rings is 1. The molecular formula is C20H21N3O3S. The number of aryl methyl sites for hydroxylation is 1. The van der Waals surface area contributed by atoms with Crippen LogP contribution in [-0.4, -0.2) is 26.4 Å². The highest BCUT2D eigenvalue weighted by molar-refractivity contribution is 7.18. The lowest BCUT2D eigenvalue weighted by Gasteiger charge is -2.38. The van der Waals surface area contributed by atoms with E-state index in [0.717, 1.165) is 29.8 Å². The average molecular weight is 383 g/mol. The molecule has 0 amide bonds. The molecule has 7 heteroatoms. The summed E-state index contributed by atoms with van der Waals surface area (Å²) in [4.78, 5) is 29.8.